The average Bonchev–Trinajstić information content (AvgIpc) is 3.85. The van der Waals surface area contributed by atoms with Crippen LogP contribution in [0.5, 0.6) is 0 Å². The second-order valence-electron chi connectivity index (χ2n) is 13.3. The van der Waals surface area contributed by atoms with Crippen molar-refractivity contribution in [2.45, 2.75) is 0 Å². The predicted octanol–water partition coefficient (Wildman–Crippen LogP) is 13.1. The van der Waals surface area contributed by atoms with E-state index < -0.39 is 0 Å². The topological polar surface area (TPSA) is 23.0 Å². The maximum Gasteiger partial charge on any atom is 0.159 e. The molecule has 0 N–H and O–H groups in total. The maximum atomic E-state index is 6.59. The van der Waals surface area contributed by atoms with E-state index in [1.54, 1.807) is 0 Å². The van der Waals surface area contributed by atoms with Gasteiger partial charge in [0.05, 0.1) is 27.8 Å². The van der Waals surface area contributed by atoms with E-state index in [1.165, 1.54) is 54.8 Å². The first kappa shape index (κ1) is 28.0. The fourth-order valence-electron chi connectivity index (χ4n) is 8.19. The molecule has 0 aliphatic carbocycles. The Balaban J connectivity index is 1.14. The highest BCUT2D eigenvalue weighted by Gasteiger charge is 2.20. The summed E-state index contributed by atoms with van der Waals surface area (Å²) < 4.78 is 11.4. The lowest BCUT2D eigenvalue weighted by Gasteiger charge is -2.11. The lowest BCUT2D eigenvalue weighted by atomic mass is 9.99. The number of fused-ring (bicyclic) bond motifs is 9. The summed E-state index contributed by atoms with van der Waals surface area (Å²) in [4.78, 5) is 0. The van der Waals surface area contributed by atoms with Gasteiger partial charge in [-0.25, -0.2) is 0 Å². The Morgan fingerprint density at radius 3 is 1.61 bits per heavy atom. The van der Waals surface area contributed by atoms with Gasteiger partial charge in [-0.05, 0) is 76.9 Å². The molecule has 3 heteroatoms. The fourth-order valence-corrected chi connectivity index (χ4v) is 8.19. The highest BCUT2D eigenvalue weighted by molar-refractivity contribution is 6.20. The second kappa shape index (κ2) is 10.8. The molecule has 8 aromatic carbocycles. The first-order chi connectivity index (χ1) is 25.3. The summed E-state index contributed by atoms with van der Waals surface area (Å²) in [5.41, 5.74) is 13.5. The maximum absolute atomic E-state index is 6.59. The van der Waals surface area contributed by atoms with Crippen LogP contribution in [0.2, 0.25) is 0 Å². The summed E-state index contributed by atoms with van der Waals surface area (Å²) in [6, 6.07) is 65.4. The molecule has 0 saturated carbocycles. The summed E-state index contributed by atoms with van der Waals surface area (Å²) in [7, 11) is 0. The fraction of sp³-hybridized carbons (Fsp3) is 0. The van der Waals surface area contributed by atoms with E-state index in [-0.39, 0.29) is 0 Å². The van der Waals surface area contributed by atoms with Crippen molar-refractivity contribution in [1.29, 1.82) is 0 Å². The number of benzene rings is 8. The number of para-hydroxylation sites is 4. The number of hydrogen-bond acceptors (Lipinski definition) is 1. The van der Waals surface area contributed by atoms with E-state index in [2.05, 4.69) is 185 Å². The van der Waals surface area contributed by atoms with E-state index in [1.807, 2.05) is 6.07 Å². The molecule has 11 rings (SSSR count). The van der Waals surface area contributed by atoms with Crippen LogP contribution >= 0.6 is 0 Å². The number of furan rings is 1. The van der Waals surface area contributed by atoms with Crippen molar-refractivity contribution in [2.75, 3.05) is 0 Å². The lowest BCUT2D eigenvalue weighted by Crippen LogP contribution is -1.96. The molecule has 11 aromatic rings. The van der Waals surface area contributed by atoms with Crippen molar-refractivity contribution in [3.05, 3.63) is 182 Å². The number of nitrogens with zero attached hydrogens (tertiary/aromatic N) is 2. The van der Waals surface area contributed by atoms with Crippen LogP contribution in [0.3, 0.4) is 0 Å². The monoisotopic (exact) mass is 650 g/mol. The van der Waals surface area contributed by atoms with E-state index in [0.29, 0.717) is 0 Å². The molecule has 238 valence electrons. The molecule has 51 heavy (non-hydrogen) atoms. The van der Waals surface area contributed by atoms with Gasteiger partial charge in [-0.3, -0.25) is 0 Å². The minimum Gasteiger partial charge on any atom is -0.454 e. The first-order valence-electron chi connectivity index (χ1n) is 17.4. The molecule has 0 amide bonds. The Labute approximate surface area is 293 Å². The molecule has 3 nitrogen and oxygen atoms in total. The third-order valence-corrected chi connectivity index (χ3v) is 10.5. The summed E-state index contributed by atoms with van der Waals surface area (Å²) >= 11 is 0. The van der Waals surface area contributed by atoms with E-state index in [0.717, 1.165) is 44.3 Å². The van der Waals surface area contributed by atoms with Crippen LogP contribution in [0, 0.1) is 0 Å². The first-order valence-corrected chi connectivity index (χ1v) is 17.4. The van der Waals surface area contributed by atoms with Crippen molar-refractivity contribution in [3.63, 3.8) is 0 Å². The molecular formula is C48H30N2O. The van der Waals surface area contributed by atoms with Crippen LogP contribution in [0.15, 0.2) is 186 Å². The Bertz CT molecular complexity index is 3120. The van der Waals surface area contributed by atoms with Gasteiger partial charge >= 0.3 is 0 Å². The minimum absolute atomic E-state index is 0.897. The highest BCUT2D eigenvalue weighted by Crippen LogP contribution is 2.42. The van der Waals surface area contributed by atoms with E-state index in [9.17, 15) is 0 Å². The molecule has 0 bridgehead atoms. The molecule has 0 aliphatic rings. The Hall–Kier alpha value is -6.84. The summed E-state index contributed by atoms with van der Waals surface area (Å²) in [6.07, 6.45) is 0. The van der Waals surface area contributed by atoms with Gasteiger partial charge in [-0.1, -0.05) is 127 Å². The van der Waals surface area contributed by atoms with Gasteiger partial charge in [0.15, 0.2) is 5.58 Å². The molecule has 0 spiro atoms. The quantitative estimate of drug-likeness (QED) is 0.186. The molecule has 0 fully saturated rings. The van der Waals surface area contributed by atoms with Crippen molar-refractivity contribution in [3.8, 4) is 33.6 Å². The van der Waals surface area contributed by atoms with Crippen LogP contribution < -0.4 is 0 Å². The van der Waals surface area contributed by atoms with Crippen LogP contribution in [-0.4, -0.2) is 9.13 Å². The standard InChI is InChI=1S/C48H30N2O/c1-2-12-31(13-3-1)33-14-10-15-34(28-33)32-24-26-35(27-25-32)49-42-20-7-4-16-36(42)40-29-41-37-17-5-8-21-43(37)50(46(41)30-45(40)49)44-22-11-19-39-38-18-6-9-23-47(38)51-48(39)44/h1-30H. The number of aromatic nitrogens is 2. The van der Waals surface area contributed by atoms with Gasteiger partial charge in [0.1, 0.15) is 5.58 Å². The molecule has 0 aliphatic heterocycles. The normalized spacial score (nSPS) is 11.9. The molecule has 3 heterocycles. The van der Waals surface area contributed by atoms with Crippen molar-refractivity contribution < 1.29 is 4.42 Å². The largest absolute Gasteiger partial charge is 0.454 e. The van der Waals surface area contributed by atoms with Gasteiger partial charge in [0.2, 0.25) is 0 Å². The van der Waals surface area contributed by atoms with Gasteiger partial charge in [0.25, 0.3) is 0 Å². The van der Waals surface area contributed by atoms with Crippen LogP contribution in [0.1, 0.15) is 0 Å². The third-order valence-electron chi connectivity index (χ3n) is 10.5. The molecule has 0 radical (unpaired) electrons. The average molecular weight is 651 g/mol. The predicted molar refractivity (Wildman–Crippen MR) is 213 cm³/mol. The molecule has 0 saturated heterocycles. The van der Waals surface area contributed by atoms with Crippen LogP contribution in [0.25, 0.3) is 99.2 Å². The molecule has 0 atom stereocenters. The van der Waals surface area contributed by atoms with Crippen molar-refractivity contribution >= 4 is 65.6 Å². The SMILES string of the molecule is c1ccc(-c2cccc(-c3ccc(-n4c5ccccc5c5cc6c7ccccc7n(-c7cccc8c7oc7ccccc78)c6cc54)cc3)c2)cc1. The third kappa shape index (κ3) is 4.19. The van der Waals surface area contributed by atoms with Gasteiger partial charge in [0, 0.05) is 38.0 Å². The van der Waals surface area contributed by atoms with Gasteiger partial charge in [-0.2, -0.15) is 0 Å². The van der Waals surface area contributed by atoms with Gasteiger partial charge < -0.3 is 13.6 Å². The summed E-state index contributed by atoms with van der Waals surface area (Å²) in [6.45, 7) is 0. The lowest BCUT2D eigenvalue weighted by molar-refractivity contribution is 0.666. The van der Waals surface area contributed by atoms with Gasteiger partial charge in [-0.15, -0.1) is 0 Å². The van der Waals surface area contributed by atoms with Crippen molar-refractivity contribution in [1.82, 2.24) is 9.13 Å². The minimum atomic E-state index is 0.897. The molecule has 3 aromatic heterocycles. The van der Waals surface area contributed by atoms with Crippen molar-refractivity contribution in [2.24, 2.45) is 0 Å². The summed E-state index contributed by atoms with van der Waals surface area (Å²) in [5, 5.41) is 7.18. The smallest absolute Gasteiger partial charge is 0.159 e. The Kier molecular flexibility index (Phi) is 5.96. The second-order valence-corrected chi connectivity index (χ2v) is 13.3. The zero-order valence-electron chi connectivity index (χ0n) is 27.6. The molecule has 0 unspecified atom stereocenters. The summed E-state index contributed by atoms with van der Waals surface area (Å²) in [5.74, 6) is 0. The highest BCUT2D eigenvalue weighted by atomic mass is 16.3. The van der Waals surface area contributed by atoms with E-state index >= 15 is 0 Å². The zero-order chi connectivity index (χ0) is 33.5. The van der Waals surface area contributed by atoms with Crippen LogP contribution in [0.4, 0.5) is 0 Å². The number of rotatable bonds is 4. The van der Waals surface area contributed by atoms with E-state index in [4.69, 9.17) is 4.42 Å². The molecular weight excluding hydrogens is 621 g/mol. The zero-order valence-corrected chi connectivity index (χ0v) is 27.6. The van der Waals surface area contributed by atoms with Crippen LogP contribution in [-0.2, 0) is 0 Å². The Morgan fingerprint density at radius 1 is 0.314 bits per heavy atom. The number of hydrogen-bond donors (Lipinski definition) is 0. The Morgan fingerprint density at radius 2 is 0.863 bits per heavy atom.